The molecule has 2 heterocycles. The number of carbonyl (C=O) groups excluding carboxylic acids is 1. The van der Waals surface area contributed by atoms with Gasteiger partial charge >= 0.3 is 0 Å². The molecule has 1 aromatic heterocycles. The van der Waals surface area contributed by atoms with E-state index < -0.39 is 0 Å². The molecule has 28 heavy (non-hydrogen) atoms. The van der Waals surface area contributed by atoms with Crippen LogP contribution in [0.5, 0.6) is 0 Å². The molecule has 148 valence electrons. The summed E-state index contributed by atoms with van der Waals surface area (Å²) in [6.45, 7) is 5.49. The third-order valence-corrected chi connectivity index (χ3v) is 6.10. The highest BCUT2D eigenvalue weighted by Gasteiger charge is 2.24. The van der Waals surface area contributed by atoms with Crippen LogP contribution in [0.25, 0.3) is 0 Å². The van der Waals surface area contributed by atoms with Crippen molar-refractivity contribution in [1.29, 1.82) is 0 Å². The van der Waals surface area contributed by atoms with Crippen LogP contribution in [-0.2, 0) is 19.5 Å². The first kappa shape index (κ1) is 19.1. The van der Waals surface area contributed by atoms with E-state index >= 15 is 0 Å². The van der Waals surface area contributed by atoms with Crippen molar-refractivity contribution in [3.05, 3.63) is 58.7 Å². The Morgan fingerprint density at radius 1 is 1.14 bits per heavy atom. The van der Waals surface area contributed by atoms with Crippen LogP contribution in [0.15, 0.2) is 30.6 Å². The van der Waals surface area contributed by atoms with Gasteiger partial charge < -0.3 is 5.32 Å². The average molecular weight is 379 g/mol. The number of amides is 1. The minimum atomic E-state index is -0.0313. The summed E-state index contributed by atoms with van der Waals surface area (Å²) in [7, 11) is 0. The number of hydrogen-bond acceptors (Lipinski definition) is 4. The molecular weight excluding hydrogens is 348 g/mol. The average Bonchev–Trinajstić information content (AvgIpc) is 2.74. The van der Waals surface area contributed by atoms with E-state index in [1.807, 2.05) is 0 Å². The summed E-state index contributed by atoms with van der Waals surface area (Å²) in [5.74, 6) is 0.594. The molecule has 5 heteroatoms. The maximum atomic E-state index is 12.7. The van der Waals surface area contributed by atoms with E-state index in [9.17, 15) is 4.79 Å². The molecule has 1 aliphatic heterocycles. The van der Waals surface area contributed by atoms with Gasteiger partial charge in [0.2, 0.25) is 0 Å². The minimum Gasteiger partial charge on any atom is -0.350 e. The number of aryl methyl sites for hydroxylation is 1. The summed E-state index contributed by atoms with van der Waals surface area (Å²) >= 11 is 0. The van der Waals surface area contributed by atoms with E-state index in [0.29, 0.717) is 11.6 Å². The number of aromatic nitrogens is 2. The molecule has 0 spiro atoms. The van der Waals surface area contributed by atoms with Gasteiger partial charge in [0.05, 0.1) is 5.69 Å². The van der Waals surface area contributed by atoms with Gasteiger partial charge in [-0.15, -0.1) is 0 Å². The maximum absolute atomic E-state index is 12.7. The lowest BCUT2D eigenvalue weighted by atomic mass is 9.89. The van der Waals surface area contributed by atoms with E-state index in [0.717, 1.165) is 43.9 Å². The second-order valence-electron chi connectivity index (χ2n) is 8.31. The van der Waals surface area contributed by atoms with Crippen molar-refractivity contribution in [2.45, 2.75) is 58.5 Å². The van der Waals surface area contributed by atoms with Gasteiger partial charge in [-0.2, -0.15) is 0 Å². The minimum absolute atomic E-state index is 0.0313. The van der Waals surface area contributed by atoms with Crippen molar-refractivity contribution >= 4 is 5.91 Å². The number of rotatable bonds is 5. The Kier molecular flexibility index (Phi) is 6.01. The van der Waals surface area contributed by atoms with Crippen molar-refractivity contribution in [3.8, 4) is 0 Å². The normalized spacial score (nSPS) is 17.9. The molecular formula is C23H30N4O. The fraction of sp³-hybridized carbons (Fsp3) is 0.522. The summed E-state index contributed by atoms with van der Waals surface area (Å²) in [5, 5.41) is 3.13. The van der Waals surface area contributed by atoms with Gasteiger partial charge in [0.1, 0.15) is 12.0 Å². The van der Waals surface area contributed by atoms with Crippen LogP contribution in [-0.4, -0.2) is 33.9 Å². The highest BCUT2D eigenvalue weighted by atomic mass is 16.1. The molecule has 2 aromatic rings. The smallest absolute Gasteiger partial charge is 0.270 e. The molecule has 5 nitrogen and oxygen atoms in total. The largest absolute Gasteiger partial charge is 0.350 e. The van der Waals surface area contributed by atoms with Crippen molar-refractivity contribution < 1.29 is 4.79 Å². The van der Waals surface area contributed by atoms with Gasteiger partial charge in [-0.3, -0.25) is 9.69 Å². The number of hydrogen-bond donors (Lipinski definition) is 1. The Morgan fingerprint density at radius 2 is 1.93 bits per heavy atom. The zero-order chi connectivity index (χ0) is 19.3. The molecule has 0 unspecified atom stereocenters. The van der Waals surface area contributed by atoms with Gasteiger partial charge in [0.25, 0.3) is 5.91 Å². The highest BCUT2D eigenvalue weighted by Crippen LogP contribution is 2.24. The molecule has 1 aromatic carbocycles. The van der Waals surface area contributed by atoms with Crippen LogP contribution in [0.2, 0.25) is 0 Å². The summed E-state index contributed by atoms with van der Waals surface area (Å²) in [6.07, 6.45) is 8.76. The second-order valence-corrected chi connectivity index (χ2v) is 8.31. The van der Waals surface area contributed by atoms with Gasteiger partial charge in [-0.1, -0.05) is 49.1 Å². The molecule has 0 saturated heterocycles. The molecule has 4 rings (SSSR count). The molecule has 0 radical (unpaired) electrons. The van der Waals surface area contributed by atoms with Crippen molar-refractivity contribution in [1.82, 2.24) is 20.2 Å². The maximum Gasteiger partial charge on any atom is 0.270 e. The summed E-state index contributed by atoms with van der Waals surface area (Å²) in [4.78, 5) is 24.0. The summed E-state index contributed by atoms with van der Waals surface area (Å²) < 4.78 is 0. The lowest BCUT2D eigenvalue weighted by Gasteiger charge is -2.29. The monoisotopic (exact) mass is 378 g/mol. The molecule has 0 bridgehead atoms. The summed E-state index contributed by atoms with van der Waals surface area (Å²) in [5.41, 5.74) is 5.20. The lowest BCUT2D eigenvalue weighted by molar-refractivity contribution is 0.0935. The van der Waals surface area contributed by atoms with Gasteiger partial charge in [0.15, 0.2) is 0 Å². The van der Waals surface area contributed by atoms with E-state index in [1.54, 1.807) is 6.33 Å². The van der Waals surface area contributed by atoms with Gasteiger partial charge in [0, 0.05) is 31.7 Å². The Labute approximate surface area is 167 Å². The van der Waals surface area contributed by atoms with E-state index in [2.05, 4.69) is 51.4 Å². The third-order valence-electron chi connectivity index (χ3n) is 6.10. The number of fused-ring (bicyclic) bond motifs is 1. The summed E-state index contributed by atoms with van der Waals surface area (Å²) in [6, 6.07) is 8.69. The number of nitrogens with one attached hydrogen (secondary N) is 1. The SMILES string of the molecule is Cc1ccc(CN2CCc3c(ncnc3C(=O)NCC3CCCCC3)C2)cc1. The molecule has 1 N–H and O–H groups in total. The van der Waals surface area contributed by atoms with Crippen molar-refractivity contribution in [2.75, 3.05) is 13.1 Å². The third kappa shape index (κ3) is 4.58. The van der Waals surface area contributed by atoms with Crippen LogP contribution < -0.4 is 5.32 Å². The van der Waals surface area contributed by atoms with Crippen molar-refractivity contribution in [2.24, 2.45) is 5.92 Å². The van der Waals surface area contributed by atoms with E-state index in [-0.39, 0.29) is 5.91 Å². The lowest BCUT2D eigenvalue weighted by Crippen LogP contribution is -2.35. The Bertz CT molecular complexity index is 812. The number of nitrogens with zero attached hydrogens (tertiary/aromatic N) is 3. The molecule has 2 aliphatic rings. The molecule has 1 saturated carbocycles. The molecule has 1 amide bonds. The Hall–Kier alpha value is -2.27. The van der Waals surface area contributed by atoms with E-state index in [1.165, 1.54) is 43.2 Å². The Morgan fingerprint density at radius 3 is 2.71 bits per heavy atom. The Balaban J connectivity index is 1.39. The first-order valence-electron chi connectivity index (χ1n) is 10.6. The van der Waals surface area contributed by atoms with Crippen LogP contribution in [0.1, 0.15) is 65.0 Å². The zero-order valence-corrected chi connectivity index (χ0v) is 16.8. The van der Waals surface area contributed by atoms with Crippen LogP contribution in [0, 0.1) is 12.8 Å². The topological polar surface area (TPSA) is 58.1 Å². The quantitative estimate of drug-likeness (QED) is 0.863. The highest BCUT2D eigenvalue weighted by molar-refractivity contribution is 5.93. The van der Waals surface area contributed by atoms with Crippen LogP contribution >= 0.6 is 0 Å². The first-order valence-corrected chi connectivity index (χ1v) is 10.6. The van der Waals surface area contributed by atoms with Crippen LogP contribution in [0.3, 0.4) is 0 Å². The molecule has 1 aliphatic carbocycles. The number of benzene rings is 1. The molecule has 0 atom stereocenters. The number of carbonyl (C=O) groups is 1. The van der Waals surface area contributed by atoms with Crippen LogP contribution in [0.4, 0.5) is 0 Å². The fourth-order valence-electron chi connectivity index (χ4n) is 4.40. The molecule has 1 fully saturated rings. The second kappa shape index (κ2) is 8.82. The first-order chi connectivity index (χ1) is 13.7. The standard InChI is InChI=1S/C23H30N4O/c1-17-7-9-19(10-8-17)14-27-12-11-20-21(15-27)25-16-26-22(20)23(28)24-13-18-5-3-2-4-6-18/h7-10,16,18H,2-6,11-15H2,1H3,(H,24,28). The van der Waals surface area contributed by atoms with Gasteiger partial charge in [-0.05, 0) is 37.7 Å². The predicted molar refractivity (Wildman–Crippen MR) is 110 cm³/mol. The van der Waals surface area contributed by atoms with E-state index in [4.69, 9.17) is 0 Å². The predicted octanol–water partition coefficient (Wildman–Crippen LogP) is 3.65. The zero-order valence-electron chi connectivity index (χ0n) is 16.8. The van der Waals surface area contributed by atoms with Gasteiger partial charge in [-0.25, -0.2) is 9.97 Å². The van der Waals surface area contributed by atoms with Crippen molar-refractivity contribution in [3.63, 3.8) is 0 Å². The fourth-order valence-corrected chi connectivity index (χ4v) is 4.40.